The van der Waals surface area contributed by atoms with Gasteiger partial charge in [-0.15, -0.1) is 11.3 Å². The van der Waals surface area contributed by atoms with Gasteiger partial charge >= 0.3 is 0 Å². The van der Waals surface area contributed by atoms with Crippen molar-refractivity contribution in [2.45, 2.75) is 6.10 Å². The Bertz CT molecular complexity index is 629. The Hall–Kier alpha value is -1.34. The summed E-state index contributed by atoms with van der Waals surface area (Å²) in [5.74, 6) is -0.310. The smallest absolute Gasteiger partial charge is 0.263 e. The molecule has 0 bridgehead atoms. The number of nitrogens with two attached hydrogens (primary N) is 1. The second-order valence-corrected chi connectivity index (χ2v) is 5.79. The number of rotatable bonds is 5. The van der Waals surface area contributed by atoms with Crippen molar-refractivity contribution in [3.05, 3.63) is 28.1 Å². The summed E-state index contributed by atoms with van der Waals surface area (Å²) in [6, 6.07) is 5.30. The molecule has 2 rings (SSSR count). The minimum absolute atomic E-state index is 0.112. The Morgan fingerprint density at radius 3 is 3.05 bits per heavy atom. The number of hydrogen-bond acceptors (Lipinski definition) is 5. The highest BCUT2D eigenvalue weighted by atomic mass is 35.5. The Kier molecular flexibility index (Phi) is 4.82. The van der Waals surface area contributed by atoms with Crippen molar-refractivity contribution >= 4 is 44.6 Å². The zero-order valence-corrected chi connectivity index (χ0v) is 12.4. The molecule has 0 aliphatic heterocycles. The second-order valence-electron chi connectivity index (χ2n) is 4.30. The fourth-order valence-corrected chi connectivity index (χ4v) is 3.12. The average molecular weight is 315 g/mol. The molecule has 0 aliphatic rings. The number of methoxy groups -OCH3 is 1. The van der Waals surface area contributed by atoms with Crippen LogP contribution in [0.25, 0.3) is 10.1 Å². The Morgan fingerprint density at radius 1 is 1.60 bits per heavy atom. The zero-order chi connectivity index (χ0) is 14.7. The maximum absolute atomic E-state index is 12.1. The van der Waals surface area contributed by atoms with Gasteiger partial charge in [-0.1, -0.05) is 11.6 Å². The van der Waals surface area contributed by atoms with Gasteiger partial charge in [-0.2, -0.15) is 0 Å². The highest BCUT2D eigenvalue weighted by molar-refractivity contribution is 7.21. The largest absolute Gasteiger partial charge is 0.397 e. The highest BCUT2D eigenvalue weighted by Crippen LogP contribution is 2.35. The maximum Gasteiger partial charge on any atom is 0.263 e. The van der Waals surface area contributed by atoms with Crippen molar-refractivity contribution in [2.75, 3.05) is 26.0 Å². The number of amides is 1. The molecule has 5 nitrogen and oxygen atoms in total. The molecule has 0 saturated heterocycles. The van der Waals surface area contributed by atoms with Gasteiger partial charge in [0.05, 0.1) is 18.4 Å². The van der Waals surface area contributed by atoms with E-state index in [0.717, 1.165) is 10.1 Å². The number of thiophene rings is 1. The molecule has 2 aromatic rings. The van der Waals surface area contributed by atoms with Crippen LogP contribution >= 0.6 is 22.9 Å². The van der Waals surface area contributed by atoms with Crippen LogP contribution in [-0.2, 0) is 4.74 Å². The summed E-state index contributed by atoms with van der Waals surface area (Å²) in [4.78, 5) is 12.5. The molecule has 1 heterocycles. The number of hydrogen-bond donors (Lipinski definition) is 3. The van der Waals surface area contributed by atoms with Gasteiger partial charge in [0.1, 0.15) is 4.88 Å². The monoisotopic (exact) mass is 314 g/mol. The maximum atomic E-state index is 12.1. The molecular weight excluding hydrogens is 300 g/mol. The molecule has 1 unspecified atom stereocenters. The molecule has 20 heavy (non-hydrogen) atoms. The summed E-state index contributed by atoms with van der Waals surface area (Å²) in [6.07, 6.45) is -0.742. The minimum atomic E-state index is -0.742. The van der Waals surface area contributed by atoms with Gasteiger partial charge in [-0.25, -0.2) is 0 Å². The van der Waals surface area contributed by atoms with E-state index < -0.39 is 6.10 Å². The van der Waals surface area contributed by atoms with Gasteiger partial charge in [0.2, 0.25) is 0 Å². The third-order valence-corrected chi connectivity index (χ3v) is 4.16. The molecule has 1 atom stereocenters. The van der Waals surface area contributed by atoms with Crippen LogP contribution in [0.4, 0.5) is 5.69 Å². The molecule has 0 radical (unpaired) electrons. The number of halogens is 1. The van der Waals surface area contributed by atoms with Gasteiger partial charge in [0, 0.05) is 28.8 Å². The molecule has 0 aliphatic carbocycles. The van der Waals surface area contributed by atoms with Crippen LogP contribution in [0.5, 0.6) is 0 Å². The molecule has 1 amide bonds. The van der Waals surface area contributed by atoms with E-state index in [1.54, 1.807) is 18.2 Å². The lowest BCUT2D eigenvalue weighted by atomic mass is 10.2. The molecule has 0 fully saturated rings. The number of nitrogen functional groups attached to an aromatic ring is 1. The number of benzene rings is 1. The number of carbonyl (C=O) groups is 1. The summed E-state index contributed by atoms with van der Waals surface area (Å²) in [5.41, 5.74) is 6.41. The lowest BCUT2D eigenvalue weighted by Gasteiger charge is -2.10. The molecule has 108 valence electrons. The van der Waals surface area contributed by atoms with Gasteiger partial charge < -0.3 is 20.9 Å². The lowest BCUT2D eigenvalue weighted by molar-refractivity contribution is 0.0611. The van der Waals surface area contributed by atoms with Crippen LogP contribution in [0, 0.1) is 0 Å². The molecule has 0 saturated carbocycles. The summed E-state index contributed by atoms with van der Waals surface area (Å²) < 4.78 is 5.65. The highest BCUT2D eigenvalue weighted by Gasteiger charge is 2.17. The fraction of sp³-hybridized carbons (Fsp3) is 0.308. The quantitative estimate of drug-likeness (QED) is 0.786. The van der Waals surface area contributed by atoms with Crippen LogP contribution in [0.1, 0.15) is 9.67 Å². The molecular formula is C13H15ClN2O3S. The number of anilines is 1. The first-order chi connectivity index (χ1) is 9.52. The third kappa shape index (κ3) is 3.21. The van der Waals surface area contributed by atoms with Crippen LogP contribution in [-0.4, -0.2) is 37.4 Å². The number of aliphatic hydroxyl groups excluding tert-OH is 1. The van der Waals surface area contributed by atoms with E-state index in [0.29, 0.717) is 15.6 Å². The summed E-state index contributed by atoms with van der Waals surface area (Å²) in [6.45, 7) is 0.277. The molecule has 1 aromatic carbocycles. The van der Waals surface area contributed by atoms with E-state index in [1.165, 1.54) is 18.4 Å². The normalized spacial score (nSPS) is 12.6. The SMILES string of the molecule is COCC(O)CNC(=O)c1sc2cc(Cl)ccc2c1N. The van der Waals surface area contributed by atoms with Crippen molar-refractivity contribution < 1.29 is 14.6 Å². The van der Waals surface area contributed by atoms with E-state index in [1.807, 2.05) is 0 Å². The molecule has 7 heteroatoms. The van der Waals surface area contributed by atoms with Crippen LogP contribution in [0.2, 0.25) is 5.02 Å². The first-order valence-electron chi connectivity index (χ1n) is 5.95. The van der Waals surface area contributed by atoms with Crippen molar-refractivity contribution in [2.24, 2.45) is 0 Å². The van der Waals surface area contributed by atoms with Crippen LogP contribution in [0.15, 0.2) is 18.2 Å². The average Bonchev–Trinajstić information content (AvgIpc) is 2.73. The number of aliphatic hydroxyl groups is 1. The van der Waals surface area contributed by atoms with Crippen molar-refractivity contribution in [1.82, 2.24) is 5.32 Å². The van der Waals surface area contributed by atoms with E-state index in [4.69, 9.17) is 22.1 Å². The molecule has 4 N–H and O–H groups in total. The van der Waals surface area contributed by atoms with E-state index >= 15 is 0 Å². The summed E-state index contributed by atoms with van der Waals surface area (Å²) in [5, 5.41) is 13.5. The number of fused-ring (bicyclic) bond motifs is 1. The Balaban J connectivity index is 2.16. The van der Waals surface area contributed by atoms with Gasteiger partial charge in [0.15, 0.2) is 0 Å². The first-order valence-corrected chi connectivity index (χ1v) is 7.15. The topological polar surface area (TPSA) is 84.6 Å². The summed E-state index contributed by atoms with van der Waals surface area (Å²) in [7, 11) is 1.48. The first kappa shape index (κ1) is 15.1. The van der Waals surface area contributed by atoms with E-state index in [-0.39, 0.29) is 19.1 Å². The van der Waals surface area contributed by atoms with E-state index in [9.17, 15) is 9.90 Å². The molecule has 0 spiro atoms. The predicted molar refractivity (Wildman–Crippen MR) is 81.5 cm³/mol. The Morgan fingerprint density at radius 2 is 2.35 bits per heavy atom. The van der Waals surface area contributed by atoms with Crippen LogP contribution < -0.4 is 11.1 Å². The standard InChI is InChI=1S/C13H15ClN2O3S/c1-19-6-8(17)5-16-13(18)12-11(15)9-3-2-7(14)4-10(9)20-12/h2-4,8,17H,5-6,15H2,1H3,(H,16,18). The van der Waals surface area contributed by atoms with Gasteiger partial charge in [-0.3, -0.25) is 4.79 Å². The number of nitrogens with one attached hydrogen (secondary N) is 1. The number of ether oxygens (including phenoxy) is 1. The summed E-state index contributed by atoms with van der Waals surface area (Å²) >= 11 is 7.19. The Labute approximate surface area is 125 Å². The third-order valence-electron chi connectivity index (χ3n) is 2.75. The van der Waals surface area contributed by atoms with E-state index in [2.05, 4.69) is 5.32 Å². The molecule has 1 aromatic heterocycles. The van der Waals surface area contributed by atoms with Crippen molar-refractivity contribution in [3.8, 4) is 0 Å². The lowest BCUT2D eigenvalue weighted by Crippen LogP contribution is -2.34. The second kappa shape index (κ2) is 6.41. The zero-order valence-electron chi connectivity index (χ0n) is 10.9. The van der Waals surface area contributed by atoms with Gasteiger partial charge in [0.25, 0.3) is 5.91 Å². The number of carbonyl (C=O) groups excluding carboxylic acids is 1. The fourth-order valence-electron chi connectivity index (χ4n) is 1.80. The van der Waals surface area contributed by atoms with Crippen molar-refractivity contribution in [1.29, 1.82) is 0 Å². The van der Waals surface area contributed by atoms with Crippen LogP contribution in [0.3, 0.4) is 0 Å². The predicted octanol–water partition coefficient (Wildman–Crippen LogP) is 1.87. The minimum Gasteiger partial charge on any atom is -0.397 e. The van der Waals surface area contributed by atoms with Gasteiger partial charge in [-0.05, 0) is 18.2 Å². The van der Waals surface area contributed by atoms with Crippen molar-refractivity contribution in [3.63, 3.8) is 0 Å².